The lowest BCUT2D eigenvalue weighted by molar-refractivity contribution is -0.140. The minimum Gasteiger partial charge on any atom is -0.481 e. The molecule has 2 N–H and O–H groups in total. The number of alkyl halides is 2. The molecule has 1 aliphatic carbocycles. The van der Waals surface area contributed by atoms with Crippen LogP contribution in [0, 0.1) is 5.92 Å². The van der Waals surface area contributed by atoms with Gasteiger partial charge in [-0.1, -0.05) is 18.2 Å². The van der Waals surface area contributed by atoms with Gasteiger partial charge in [-0.05, 0) is 24.6 Å². The van der Waals surface area contributed by atoms with E-state index in [0.29, 0.717) is 0 Å². The molecule has 21 heavy (non-hydrogen) atoms. The molecule has 1 aromatic carbocycles. The fourth-order valence-corrected chi connectivity index (χ4v) is 2.05. The first-order chi connectivity index (χ1) is 9.95. The standard InChI is InChI=1S/C14H13F2NO4/c15-14(16)21-11-3-1-2-8(7-11)12(18)17-10-5-4-9(6-10)13(19)20/h1-5,7,9-10,14H,6H2,(H,17,18)(H,19,20). The van der Waals surface area contributed by atoms with Crippen LogP contribution in [0.1, 0.15) is 16.8 Å². The number of halogens is 2. The highest BCUT2D eigenvalue weighted by Crippen LogP contribution is 2.19. The predicted molar refractivity (Wildman–Crippen MR) is 69.2 cm³/mol. The molecule has 7 heteroatoms. The smallest absolute Gasteiger partial charge is 0.387 e. The Labute approximate surface area is 119 Å². The topological polar surface area (TPSA) is 75.6 Å². The monoisotopic (exact) mass is 297 g/mol. The second-order valence-electron chi connectivity index (χ2n) is 4.55. The van der Waals surface area contributed by atoms with Gasteiger partial charge in [0.1, 0.15) is 5.75 Å². The summed E-state index contributed by atoms with van der Waals surface area (Å²) in [5, 5.41) is 11.5. The molecule has 0 spiro atoms. The van der Waals surface area contributed by atoms with Crippen molar-refractivity contribution in [2.75, 3.05) is 0 Å². The highest BCUT2D eigenvalue weighted by atomic mass is 19.3. The number of amides is 1. The number of carbonyl (C=O) groups is 2. The van der Waals surface area contributed by atoms with Gasteiger partial charge in [0, 0.05) is 11.6 Å². The van der Waals surface area contributed by atoms with Gasteiger partial charge in [-0.3, -0.25) is 9.59 Å². The Hall–Kier alpha value is -2.44. The zero-order valence-corrected chi connectivity index (χ0v) is 10.8. The van der Waals surface area contributed by atoms with Crippen LogP contribution in [0.25, 0.3) is 0 Å². The average Bonchev–Trinajstić information content (AvgIpc) is 2.87. The molecule has 1 aromatic rings. The van der Waals surface area contributed by atoms with E-state index in [9.17, 15) is 18.4 Å². The van der Waals surface area contributed by atoms with Crippen LogP contribution in [0.4, 0.5) is 8.78 Å². The molecule has 0 saturated heterocycles. The van der Waals surface area contributed by atoms with Crippen molar-refractivity contribution in [3.63, 3.8) is 0 Å². The molecular formula is C14H13F2NO4. The number of benzene rings is 1. The van der Waals surface area contributed by atoms with Crippen LogP contribution in [0.5, 0.6) is 5.75 Å². The molecule has 2 rings (SSSR count). The Morgan fingerprint density at radius 2 is 2.10 bits per heavy atom. The van der Waals surface area contributed by atoms with Gasteiger partial charge in [0.15, 0.2) is 0 Å². The molecule has 0 fully saturated rings. The van der Waals surface area contributed by atoms with Crippen LogP contribution in [-0.2, 0) is 4.79 Å². The summed E-state index contributed by atoms with van der Waals surface area (Å²) in [4.78, 5) is 22.8. The maximum atomic E-state index is 12.1. The molecule has 2 atom stereocenters. The van der Waals surface area contributed by atoms with Crippen molar-refractivity contribution >= 4 is 11.9 Å². The van der Waals surface area contributed by atoms with E-state index in [1.807, 2.05) is 0 Å². The van der Waals surface area contributed by atoms with E-state index in [4.69, 9.17) is 5.11 Å². The van der Waals surface area contributed by atoms with Crippen LogP contribution in [0.3, 0.4) is 0 Å². The second kappa shape index (κ2) is 6.34. The lowest BCUT2D eigenvalue weighted by atomic mass is 10.1. The lowest BCUT2D eigenvalue weighted by Gasteiger charge is -2.13. The fraction of sp³-hybridized carbons (Fsp3) is 0.286. The molecule has 0 aromatic heterocycles. The first kappa shape index (κ1) is 15.0. The van der Waals surface area contributed by atoms with Crippen molar-refractivity contribution in [1.82, 2.24) is 5.32 Å². The van der Waals surface area contributed by atoms with Gasteiger partial charge in [0.2, 0.25) is 0 Å². The Bertz CT molecular complexity index is 574. The van der Waals surface area contributed by atoms with Crippen molar-refractivity contribution in [2.24, 2.45) is 5.92 Å². The SMILES string of the molecule is O=C(NC1C=CC(C(=O)O)C1)c1cccc(OC(F)F)c1. The fourth-order valence-electron chi connectivity index (χ4n) is 2.05. The van der Waals surface area contributed by atoms with E-state index >= 15 is 0 Å². The van der Waals surface area contributed by atoms with Gasteiger partial charge in [0.05, 0.1) is 5.92 Å². The third-order valence-corrected chi connectivity index (χ3v) is 3.04. The molecule has 1 aliphatic rings. The summed E-state index contributed by atoms with van der Waals surface area (Å²) in [6.45, 7) is -2.96. The number of carbonyl (C=O) groups excluding carboxylic acids is 1. The number of aliphatic carboxylic acids is 1. The highest BCUT2D eigenvalue weighted by molar-refractivity contribution is 5.95. The lowest BCUT2D eigenvalue weighted by Crippen LogP contribution is -2.33. The third kappa shape index (κ3) is 4.01. The normalized spacial score (nSPS) is 20.5. The summed E-state index contributed by atoms with van der Waals surface area (Å²) in [7, 11) is 0. The number of hydrogen-bond donors (Lipinski definition) is 2. The first-order valence-corrected chi connectivity index (χ1v) is 6.22. The van der Waals surface area contributed by atoms with Crippen LogP contribution in [-0.4, -0.2) is 29.6 Å². The van der Waals surface area contributed by atoms with Gasteiger partial charge >= 0.3 is 12.6 Å². The summed E-state index contributed by atoms with van der Waals surface area (Å²) in [5.74, 6) is -2.16. The van der Waals surface area contributed by atoms with Crippen molar-refractivity contribution in [1.29, 1.82) is 0 Å². The van der Waals surface area contributed by atoms with Gasteiger partial charge in [-0.15, -0.1) is 0 Å². The molecule has 0 radical (unpaired) electrons. The Balaban J connectivity index is 1.98. The van der Waals surface area contributed by atoms with E-state index in [2.05, 4.69) is 10.1 Å². The number of hydrogen-bond acceptors (Lipinski definition) is 3. The summed E-state index contributed by atoms with van der Waals surface area (Å²) < 4.78 is 28.4. The first-order valence-electron chi connectivity index (χ1n) is 6.22. The van der Waals surface area contributed by atoms with E-state index in [0.717, 1.165) is 0 Å². The zero-order valence-electron chi connectivity index (χ0n) is 10.8. The molecule has 0 aliphatic heterocycles. The Morgan fingerprint density at radius 1 is 1.33 bits per heavy atom. The van der Waals surface area contributed by atoms with E-state index in [-0.39, 0.29) is 17.7 Å². The third-order valence-electron chi connectivity index (χ3n) is 3.04. The number of rotatable bonds is 5. The number of carboxylic acid groups (broad SMARTS) is 1. The summed E-state index contributed by atoms with van der Waals surface area (Å²) >= 11 is 0. The van der Waals surface area contributed by atoms with Crippen molar-refractivity contribution < 1.29 is 28.2 Å². The molecule has 0 heterocycles. The number of ether oxygens (including phenoxy) is 1. The highest BCUT2D eigenvalue weighted by Gasteiger charge is 2.25. The average molecular weight is 297 g/mol. The zero-order chi connectivity index (χ0) is 15.4. The van der Waals surface area contributed by atoms with Crippen LogP contribution in [0.2, 0.25) is 0 Å². The molecule has 1 amide bonds. The largest absolute Gasteiger partial charge is 0.481 e. The number of carboxylic acids is 1. The maximum Gasteiger partial charge on any atom is 0.387 e. The minimum atomic E-state index is -2.96. The molecule has 5 nitrogen and oxygen atoms in total. The minimum absolute atomic E-state index is 0.108. The maximum absolute atomic E-state index is 12.1. The summed E-state index contributed by atoms with van der Waals surface area (Å²) in [6.07, 6.45) is 3.40. The van der Waals surface area contributed by atoms with Crippen LogP contribution >= 0.6 is 0 Å². The van der Waals surface area contributed by atoms with Crippen LogP contribution < -0.4 is 10.1 Å². The quantitative estimate of drug-likeness (QED) is 0.816. The van der Waals surface area contributed by atoms with Gasteiger partial charge in [-0.2, -0.15) is 8.78 Å². The molecule has 0 saturated carbocycles. The summed E-state index contributed by atoms with van der Waals surface area (Å²) in [6, 6.07) is 5.02. The van der Waals surface area contributed by atoms with Crippen molar-refractivity contribution in [3.8, 4) is 5.75 Å². The second-order valence-corrected chi connectivity index (χ2v) is 4.55. The van der Waals surface area contributed by atoms with E-state index < -0.39 is 30.4 Å². The molecular weight excluding hydrogens is 284 g/mol. The van der Waals surface area contributed by atoms with Gasteiger partial charge < -0.3 is 15.2 Å². The van der Waals surface area contributed by atoms with Crippen molar-refractivity contribution in [3.05, 3.63) is 42.0 Å². The Kier molecular flexibility index (Phi) is 4.52. The van der Waals surface area contributed by atoms with Crippen molar-refractivity contribution in [2.45, 2.75) is 19.1 Å². The molecule has 0 bridgehead atoms. The van der Waals surface area contributed by atoms with Crippen LogP contribution in [0.15, 0.2) is 36.4 Å². The molecule has 2 unspecified atom stereocenters. The van der Waals surface area contributed by atoms with Gasteiger partial charge in [0.25, 0.3) is 5.91 Å². The van der Waals surface area contributed by atoms with E-state index in [1.165, 1.54) is 30.3 Å². The summed E-state index contributed by atoms with van der Waals surface area (Å²) in [5.41, 5.74) is 0.167. The predicted octanol–water partition coefficient (Wildman–Crippen LogP) is 2.05. The molecule has 112 valence electrons. The van der Waals surface area contributed by atoms with Gasteiger partial charge in [-0.25, -0.2) is 0 Å². The number of nitrogens with one attached hydrogen (secondary N) is 1. The van der Waals surface area contributed by atoms with E-state index in [1.54, 1.807) is 6.08 Å². The Morgan fingerprint density at radius 3 is 2.71 bits per heavy atom.